The molecule has 0 fully saturated rings. The molecule has 0 radical (unpaired) electrons. The molecule has 5 nitrogen and oxygen atoms in total. The Bertz CT molecular complexity index is 1130. The van der Waals surface area contributed by atoms with Crippen LogP contribution in [0, 0.1) is 0 Å². The van der Waals surface area contributed by atoms with Gasteiger partial charge in [-0.15, -0.1) is 5.11 Å². The second-order valence-corrected chi connectivity index (χ2v) is 6.50. The van der Waals surface area contributed by atoms with Gasteiger partial charge in [0.25, 0.3) is 0 Å². The van der Waals surface area contributed by atoms with E-state index in [-0.39, 0.29) is 12.3 Å². The van der Waals surface area contributed by atoms with Crippen molar-refractivity contribution in [3.8, 4) is 0 Å². The van der Waals surface area contributed by atoms with Crippen LogP contribution in [0.2, 0.25) is 0 Å². The molecule has 0 aliphatic heterocycles. The van der Waals surface area contributed by atoms with Crippen LogP contribution in [0.5, 0.6) is 0 Å². The molecule has 28 heavy (non-hydrogen) atoms. The zero-order chi connectivity index (χ0) is 19.3. The molecule has 4 aromatic rings. The maximum atomic E-state index is 12.6. The van der Waals surface area contributed by atoms with E-state index < -0.39 is 0 Å². The average molecular weight is 368 g/mol. The van der Waals surface area contributed by atoms with Gasteiger partial charge < -0.3 is 9.88 Å². The molecule has 138 valence electrons. The lowest BCUT2D eigenvalue weighted by molar-refractivity contribution is -0.115. The van der Waals surface area contributed by atoms with Gasteiger partial charge in [0.15, 0.2) is 0 Å². The number of azo groups is 1. The Hall–Kier alpha value is -3.73. The molecule has 0 aliphatic carbocycles. The number of aromatic nitrogens is 1. The quantitative estimate of drug-likeness (QED) is 0.446. The predicted molar refractivity (Wildman–Crippen MR) is 112 cm³/mol. The maximum absolute atomic E-state index is 12.6. The summed E-state index contributed by atoms with van der Waals surface area (Å²) < 4.78 is 2.01. The normalized spacial score (nSPS) is 11.2. The third kappa shape index (κ3) is 3.69. The molecule has 5 heteroatoms. The van der Waals surface area contributed by atoms with Crippen molar-refractivity contribution in [1.29, 1.82) is 0 Å². The fourth-order valence-corrected chi connectivity index (χ4v) is 3.22. The first-order valence-corrected chi connectivity index (χ1v) is 9.10. The topological polar surface area (TPSA) is 58.8 Å². The number of rotatable bonds is 5. The molecule has 0 bridgehead atoms. The first kappa shape index (κ1) is 17.7. The summed E-state index contributed by atoms with van der Waals surface area (Å²) >= 11 is 0. The summed E-state index contributed by atoms with van der Waals surface area (Å²) in [5, 5.41) is 12.8. The summed E-state index contributed by atoms with van der Waals surface area (Å²) in [6.45, 7) is 0. The van der Waals surface area contributed by atoms with Crippen LogP contribution in [0.25, 0.3) is 10.9 Å². The summed E-state index contributed by atoms with van der Waals surface area (Å²) in [5.74, 6) is -0.0896. The third-order valence-corrected chi connectivity index (χ3v) is 4.61. The lowest BCUT2D eigenvalue weighted by atomic mass is 10.2. The number of anilines is 1. The minimum absolute atomic E-state index is 0.0896. The van der Waals surface area contributed by atoms with E-state index in [4.69, 9.17) is 0 Å². The van der Waals surface area contributed by atoms with Crippen molar-refractivity contribution >= 4 is 33.9 Å². The van der Waals surface area contributed by atoms with Gasteiger partial charge in [-0.05, 0) is 30.3 Å². The summed E-state index contributed by atoms with van der Waals surface area (Å²) in [4.78, 5) is 12.6. The lowest BCUT2D eigenvalue weighted by Gasteiger charge is -2.07. The van der Waals surface area contributed by atoms with Crippen molar-refractivity contribution < 1.29 is 4.79 Å². The van der Waals surface area contributed by atoms with Crippen LogP contribution in [0.1, 0.15) is 5.69 Å². The fraction of sp³-hybridized carbons (Fsp3) is 0.0870. The molecule has 1 N–H and O–H groups in total. The van der Waals surface area contributed by atoms with Gasteiger partial charge in [-0.25, -0.2) is 0 Å². The molecule has 4 rings (SSSR count). The smallest absolute Gasteiger partial charge is 0.230 e. The lowest BCUT2D eigenvalue weighted by Crippen LogP contribution is -2.16. The van der Waals surface area contributed by atoms with Crippen LogP contribution in [-0.4, -0.2) is 10.5 Å². The third-order valence-electron chi connectivity index (χ3n) is 4.61. The highest BCUT2D eigenvalue weighted by molar-refractivity contribution is 5.98. The molecule has 1 amide bonds. The zero-order valence-corrected chi connectivity index (χ0v) is 15.5. The summed E-state index contributed by atoms with van der Waals surface area (Å²) in [6.07, 6.45) is 0.212. The van der Waals surface area contributed by atoms with E-state index in [0.717, 1.165) is 33.7 Å². The first-order chi connectivity index (χ1) is 13.7. The van der Waals surface area contributed by atoms with Crippen molar-refractivity contribution in [1.82, 2.24) is 4.57 Å². The molecule has 0 saturated heterocycles. The van der Waals surface area contributed by atoms with Gasteiger partial charge in [-0.1, -0.05) is 54.6 Å². The molecule has 0 aliphatic rings. The molecule has 0 spiro atoms. The van der Waals surface area contributed by atoms with Gasteiger partial charge in [-0.3, -0.25) is 4.79 Å². The number of carbonyl (C=O) groups is 1. The van der Waals surface area contributed by atoms with Gasteiger partial charge >= 0.3 is 0 Å². The standard InChI is InChI=1S/C23H20N4O/c1-27-20-15-9-8-14-19(20)23(26-25-18-12-6-3-7-13-18)21(27)16-22(28)24-17-10-4-2-5-11-17/h2-15H,16H2,1H3,(H,24,28). The van der Waals surface area contributed by atoms with Crippen molar-refractivity contribution in [3.05, 3.63) is 90.6 Å². The molecule has 0 unspecified atom stereocenters. The second kappa shape index (κ2) is 7.88. The van der Waals surface area contributed by atoms with Crippen LogP contribution in [0.3, 0.4) is 0 Å². The molecule has 0 saturated carbocycles. The number of nitrogens with one attached hydrogen (secondary N) is 1. The summed E-state index contributed by atoms with van der Waals surface area (Å²) in [5.41, 5.74) is 4.13. The molecule has 1 aromatic heterocycles. The Morgan fingerprint density at radius 2 is 1.50 bits per heavy atom. The van der Waals surface area contributed by atoms with E-state index in [1.807, 2.05) is 96.5 Å². The van der Waals surface area contributed by atoms with Crippen molar-refractivity contribution in [2.45, 2.75) is 6.42 Å². The number of hydrogen-bond acceptors (Lipinski definition) is 3. The van der Waals surface area contributed by atoms with E-state index in [1.54, 1.807) is 0 Å². The van der Waals surface area contributed by atoms with Crippen molar-refractivity contribution in [3.63, 3.8) is 0 Å². The van der Waals surface area contributed by atoms with Gasteiger partial charge in [0.1, 0.15) is 5.69 Å². The van der Waals surface area contributed by atoms with Gasteiger partial charge in [0.05, 0.1) is 23.3 Å². The van der Waals surface area contributed by atoms with E-state index in [1.165, 1.54) is 0 Å². The molecule has 0 atom stereocenters. The average Bonchev–Trinajstić information content (AvgIpc) is 2.99. The predicted octanol–water partition coefficient (Wildman–Crippen LogP) is 5.77. The van der Waals surface area contributed by atoms with Crippen molar-refractivity contribution in [2.24, 2.45) is 17.3 Å². The van der Waals surface area contributed by atoms with E-state index in [0.29, 0.717) is 0 Å². The van der Waals surface area contributed by atoms with E-state index in [2.05, 4.69) is 15.5 Å². The van der Waals surface area contributed by atoms with Gasteiger partial charge in [-0.2, -0.15) is 5.11 Å². The molecular formula is C23H20N4O. The highest BCUT2D eigenvalue weighted by atomic mass is 16.1. The number of para-hydroxylation sites is 2. The Morgan fingerprint density at radius 3 is 2.25 bits per heavy atom. The largest absolute Gasteiger partial charge is 0.345 e. The Morgan fingerprint density at radius 1 is 0.857 bits per heavy atom. The van der Waals surface area contributed by atoms with Crippen LogP contribution < -0.4 is 5.32 Å². The number of aryl methyl sites for hydroxylation is 1. The number of nitrogens with zero attached hydrogens (tertiary/aromatic N) is 3. The number of hydrogen-bond donors (Lipinski definition) is 1. The minimum Gasteiger partial charge on any atom is -0.345 e. The van der Waals surface area contributed by atoms with Gasteiger partial charge in [0.2, 0.25) is 5.91 Å². The van der Waals surface area contributed by atoms with Gasteiger partial charge in [0, 0.05) is 18.1 Å². The molecule has 3 aromatic carbocycles. The summed E-state index contributed by atoms with van der Waals surface area (Å²) in [6, 6.07) is 27.0. The highest BCUT2D eigenvalue weighted by Gasteiger charge is 2.17. The van der Waals surface area contributed by atoms with E-state index >= 15 is 0 Å². The fourth-order valence-electron chi connectivity index (χ4n) is 3.22. The van der Waals surface area contributed by atoms with Crippen LogP contribution in [0.4, 0.5) is 17.1 Å². The summed E-state index contributed by atoms with van der Waals surface area (Å²) in [7, 11) is 1.95. The number of fused-ring (bicyclic) bond motifs is 1. The van der Waals surface area contributed by atoms with E-state index in [9.17, 15) is 4.79 Å². The zero-order valence-electron chi connectivity index (χ0n) is 15.5. The number of carbonyl (C=O) groups excluding carboxylic acids is 1. The Labute approximate surface area is 163 Å². The van der Waals surface area contributed by atoms with Crippen LogP contribution in [0.15, 0.2) is 95.2 Å². The second-order valence-electron chi connectivity index (χ2n) is 6.50. The molecule has 1 heterocycles. The Balaban J connectivity index is 1.69. The Kier molecular flexibility index (Phi) is 4.97. The number of benzene rings is 3. The van der Waals surface area contributed by atoms with Crippen molar-refractivity contribution in [2.75, 3.05) is 5.32 Å². The monoisotopic (exact) mass is 368 g/mol. The SMILES string of the molecule is Cn1c(CC(=O)Nc2ccccc2)c(N=Nc2ccccc2)c2ccccc21. The minimum atomic E-state index is -0.0896. The number of amides is 1. The highest BCUT2D eigenvalue weighted by Crippen LogP contribution is 2.34. The maximum Gasteiger partial charge on any atom is 0.230 e. The molecular weight excluding hydrogens is 348 g/mol. The van der Waals surface area contributed by atoms with Crippen LogP contribution >= 0.6 is 0 Å². The van der Waals surface area contributed by atoms with Crippen LogP contribution in [-0.2, 0) is 18.3 Å². The first-order valence-electron chi connectivity index (χ1n) is 9.10.